The Labute approximate surface area is 129 Å². The van der Waals surface area contributed by atoms with Crippen LogP contribution in [0.25, 0.3) is 0 Å². The fraction of sp³-hybridized carbons (Fsp3) is 0.333. The van der Waals surface area contributed by atoms with Gasteiger partial charge in [-0.05, 0) is 43.7 Å². The molecular weight excluding hydrogens is 290 g/mol. The van der Waals surface area contributed by atoms with Gasteiger partial charge < -0.3 is 5.32 Å². The van der Waals surface area contributed by atoms with E-state index in [2.05, 4.69) is 41.3 Å². The summed E-state index contributed by atoms with van der Waals surface area (Å²) in [5.74, 6) is 0. The van der Waals surface area contributed by atoms with E-state index in [-0.39, 0.29) is 6.04 Å². The minimum Gasteiger partial charge on any atom is -0.310 e. The van der Waals surface area contributed by atoms with E-state index in [0.717, 1.165) is 33.5 Å². The second-order valence-corrected chi connectivity index (χ2v) is 6.01. The van der Waals surface area contributed by atoms with Crippen molar-refractivity contribution in [2.75, 3.05) is 6.54 Å². The third-order valence-electron chi connectivity index (χ3n) is 2.92. The second kappa shape index (κ2) is 7.62. The van der Waals surface area contributed by atoms with Gasteiger partial charge in [0.1, 0.15) is 11.4 Å². The van der Waals surface area contributed by atoms with Gasteiger partial charge in [0, 0.05) is 22.2 Å². The van der Waals surface area contributed by atoms with Gasteiger partial charge in [0.2, 0.25) is 0 Å². The summed E-state index contributed by atoms with van der Waals surface area (Å²) in [6.45, 7) is 5.28. The largest absolute Gasteiger partial charge is 0.310 e. The molecule has 1 atom stereocenters. The van der Waals surface area contributed by atoms with Gasteiger partial charge in [-0.2, -0.15) is 0 Å². The van der Waals surface area contributed by atoms with Gasteiger partial charge in [-0.3, -0.25) is 0 Å². The number of hydrogen-bond acceptors (Lipinski definition) is 4. The van der Waals surface area contributed by atoms with E-state index in [1.54, 1.807) is 24.3 Å². The van der Waals surface area contributed by atoms with Crippen molar-refractivity contribution in [3.8, 4) is 0 Å². The Morgan fingerprint density at radius 1 is 1.35 bits per heavy atom. The first-order valence-electron chi connectivity index (χ1n) is 6.67. The van der Waals surface area contributed by atoms with Gasteiger partial charge >= 0.3 is 0 Å². The molecule has 0 amide bonds. The van der Waals surface area contributed by atoms with E-state index in [1.807, 2.05) is 12.1 Å². The highest BCUT2D eigenvalue weighted by Crippen LogP contribution is 2.31. The average Bonchev–Trinajstić information content (AvgIpc) is 2.46. The van der Waals surface area contributed by atoms with Gasteiger partial charge in [0.15, 0.2) is 0 Å². The number of nitrogens with one attached hydrogen (secondary N) is 1. The van der Waals surface area contributed by atoms with E-state index in [1.165, 1.54) is 0 Å². The summed E-state index contributed by atoms with van der Waals surface area (Å²) in [6.07, 6.45) is 4.40. The van der Waals surface area contributed by atoms with Crippen LogP contribution in [0, 0.1) is 0 Å². The van der Waals surface area contributed by atoms with Crippen LogP contribution in [0.4, 0.5) is 0 Å². The lowest BCUT2D eigenvalue weighted by molar-refractivity contribution is 0.570. The van der Waals surface area contributed by atoms with Gasteiger partial charge in [-0.1, -0.05) is 36.4 Å². The Morgan fingerprint density at radius 3 is 2.85 bits per heavy atom. The third kappa shape index (κ3) is 4.20. The fourth-order valence-corrected chi connectivity index (χ4v) is 3.04. The molecule has 3 nitrogen and oxygen atoms in total. The summed E-state index contributed by atoms with van der Waals surface area (Å²) in [5.41, 5.74) is 1.13. The number of hydrogen-bond donors (Lipinski definition) is 1. The normalized spacial score (nSPS) is 12.3. The highest BCUT2D eigenvalue weighted by Gasteiger charge is 2.10. The molecule has 0 bridgehead atoms. The Kier molecular flexibility index (Phi) is 5.83. The molecule has 106 valence electrons. The zero-order valence-corrected chi connectivity index (χ0v) is 13.2. The lowest BCUT2D eigenvalue weighted by Crippen LogP contribution is -2.19. The van der Waals surface area contributed by atoms with E-state index < -0.39 is 0 Å². The van der Waals surface area contributed by atoms with Crippen LogP contribution >= 0.6 is 23.4 Å². The van der Waals surface area contributed by atoms with Crippen LogP contribution in [0.15, 0.2) is 46.7 Å². The van der Waals surface area contributed by atoms with Crippen molar-refractivity contribution >= 4 is 23.4 Å². The average molecular weight is 308 g/mol. The Balaban J connectivity index is 2.09. The quantitative estimate of drug-likeness (QED) is 0.806. The standard InChI is InChI=1S/C15H18ClN3S/c1-3-7-18-11(2)13-5-4-12(9-14(13)16)20-15-6-8-17-10-19-15/h4-6,8-11,18H,3,7H2,1-2H3. The topological polar surface area (TPSA) is 37.8 Å². The summed E-state index contributed by atoms with van der Waals surface area (Å²) in [4.78, 5) is 9.19. The number of halogens is 1. The molecule has 0 aliphatic carbocycles. The fourth-order valence-electron chi connectivity index (χ4n) is 1.85. The zero-order valence-electron chi connectivity index (χ0n) is 11.6. The monoisotopic (exact) mass is 307 g/mol. The van der Waals surface area contributed by atoms with Crippen LogP contribution in [0.2, 0.25) is 5.02 Å². The van der Waals surface area contributed by atoms with Crippen molar-refractivity contribution < 1.29 is 0 Å². The SMILES string of the molecule is CCCNC(C)c1ccc(Sc2ccncn2)cc1Cl. The molecule has 0 radical (unpaired) electrons. The molecule has 0 saturated carbocycles. The summed E-state index contributed by atoms with van der Waals surface area (Å²) in [7, 11) is 0. The van der Waals surface area contributed by atoms with Crippen LogP contribution in [0.1, 0.15) is 31.9 Å². The first-order valence-corrected chi connectivity index (χ1v) is 7.87. The second-order valence-electron chi connectivity index (χ2n) is 4.51. The molecular formula is C15H18ClN3S. The Morgan fingerprint density at radius 2 is 2.20 bits per heavy atom. The maximum Gasteiger partial charge on any atom is 0.116 e. The molecule has 0 spiro atoms. The summed E-state index contributed by atoms with van der Waals surface area (Å²) in [6, 6.07) is 8.31. The van der Waals surface area contributed by atoms with Crippen molar-refractivity contribution in [1.82, 2.24) is 15.3 Å². The minimum absolute atomic E-state index is 0.264. The predicted octanol–water partition coefficient (Wildman–Crippen LogP) is 4.34. The lowest BCUT2D eigenvalue weighted by Gasteiger charge is -2.15. The number of rotatable bonds is 6. The number of aromatic nitrogens is 2. The van der Waals surface area contributed by atoms with Crippen LogP contribution in [0.5, 0.6) is 0 Å². The smallest absolute Gasteiger partial charge is 0.116 e. The molecule has 1 N–H and O–H groups in total. The van der Waals surface area contributed by atoms with Gasteiger partial charge in [0.25, 0.3) is 0 Å². The van der Waals surface area contributed by atoms with Gasteiger partial charge in [-0.25, -0.2) is 9.97 Å². The van der Waals surface area contributed by atoms with E-state index in [4.69, 9.17) is 11.6 Å². The maximum atomic E-state index is 6.38. The van der Waals surface area contributed by atoms with Crippen LogP contribution < -0.4 is 5.32 Å². The lowest BCUT2D eigenvalue weighted by atomic mass is 10.1. The van der Waals surface area contributed by atoms with E-state index in [9.17, 15) is 0 Å². The molecule has 5 heteroatoms. The predicted molar refractivity (Wildman–Crippen MR) is 84.3 cm³/mol. The van der Waals surface area contributed by atoms with Crippen molar-refractivity contribution in [3.63, 3.8) is 0 Å². The van der Waals surface area contributed by atoms with Crippen molar-refractivity contribution in [1.29, 1.82) is 0 Å². The molecule has 0 aliphatic rings. The van der Waals surface area contributed by atoms with E-state index in [0.29, 0.717) is 0 Å². The number of benzene rings is 1. The first kappa shape index (κ1) is 15.3. The van der Waals surface area contributed by atoms with Crippen molar-refractivity contribution in [2.45, 2.75) is 36.2 Å². The third-order valence-corrected chi connectivity index (χ3v) is 4.18. The molecule has 2 rings (SSSR count). The molecule has 1 aromatic carbocycles. The molecule has 1 aromatic heterocycles. The molecule has 1 heterocycles. The molecule has 2 aromatic rings. The summed E-state index contributed by atoms with van der Waals surface area (Å²) < 4.78 is 0. The summed E-state index contributed by atoms with van der Waals surface area (Å²) in [5, 5.41) is 5.16. The van der Waals surface area contributed by atoms with Gasteiger partial charge in [0.05, 0.1) is 0 Å². The highest BCUT2D eigenvalue weighted by molar-refractivity contribution is 7.99. The molecule has 0 aliphatic heterocycles. The zero-order chi connectivity index (χ0) is 14.4. The Hall–Kier alpha value is -1.10. The molecule has 20 heavy (non-hydrogen) atoms. The molecule has 0 saturated heterocycles. The molecule has 1 unspecified atom stereocenters. The molecule has 0 fully saturated rings. The van der Waals surface area contributed by atoms with Crippen LogP contribution in [0.3, 0.4) is 0 Å². The van der Waals surface area contributed by atoms with E-state index >= 15 is 0 Å². The minimum atomic E-state index is 0.264. The number of nitrogens with zero attached hydrogens (tertiary/aromatic N) is 2. The van der Waals surface area contributed by atoms with Crippen LogP contribution in [-0.2, 0) is 0 Å². The van der Waals surface area contributed by atoms with Crippen molar-refractivity contribution in [3.05, 3.63) is 47.4 Å². The van der Waals surface area contributed by atoms with Crippen LogP contribution in [-0.4, -0.2) is 16.5 Å². The first-order chi connectivity index (χ1) is 9.70. The highest BCUT2D eigenvalue weighted by atomic mass is 35.5. The van der Waals surface area contributed by atoms with Gasteiger partial charge in [-0.15, -0.1) is 0 Å². The van der Waals surface area contributed by atoms with Crippen molar-refractivity contribution in [2.24, 2.45) is 0 Å². The summed E-state index contributed by atoms with van der Waals surface area (Å²) >= 11 is 7.97. The Bertz CT molecular complexity index is 548. The maximum absolute atomic E-state index is 6.38.